The lowest BCUT2D eigenvalue weighted by atomic mass is 9.82. The molecule has 0 spiro atoms. The first-order valence-electron chi connectivity index (χ1n) is 7.97. The predicted octanol–water partition coefficient (Wildman–Crippen LogP) is 5.36. The maximum Gasteiger partial charge on any atom is 0.0901 e. The SMILES string of the molecule is Cc1nc(-c2cccc(NCC3CCCC(C)C3)c2)cs1. The molecule has 3 heteroatoms. The normalized spacial score (nSPS) is 22.2. The third-order valence-corrected chi connectivity index (χ3v) is 5.19. The summed E-state index contributed by atoms with van der Waals surface area (Å²) in [6, 6.07) is 8.65. The van der Waals surface area contributed by atoms with Crippen molar-refractivity contribution >= 4 is 17.0 Å². The molecule has 1 fully saturated rings. The van der Waals surface area contributed by atoms with Crippen LogP contribution in [0, 0.1) is 18.8 Å². The van der Waals surface area contributed by atoms with Crippen molar-refractivity contribution in [1.29, 1.82) is 0 Å². The zero-order valence-electron chi connectivity index (χ0n) is 12.9. The van der Waals surface area contributed by atoms with Crippen LogP contribution in [0.5, 0.6) is 0 Å². The summed E-state index contributed by atoms with van der Waals surface area (Å²) in [6.45, 7) is 5.54. The summed E-state index contributed by atoms with van der Waals surface area (Å²) in [6.07, 6.45) is 5.56. The molecule has 1 aromatic heterocycles. The van der Waals surface area contributed by atoms with Crippen LogP contribution in [-0.2, 0) is 0 Å². The van der Waals surface area contributed by atoms with Crippen molar-refractivity contribution in [3.63, 3.8) is 0 Å². The first kappa shape index (κ1) is 14.6. The van der Waals surface area contributed by atoms with Crippen molar-refractivity contribution in [2.24, 2.45) is 11.8 Å². The van der Waals surface area contributed by atoms with E-state index >= 15 is 0 Å². The molecule has 0 amide bonds. The van der Waals surface area contributed by atoms with Gasteiger partial charge in [-0.3, -0.25) is 0 Å². The number of hydrogen-bond acceptors (Lipinski definition) is 3. The molecular weight excluding hydrogens is 276 g/mol. The molecule has 2 nitrogen and oxygen atoms in total. The molecule has 0 radical (unpaired) electrons. The lowest BCUT2D eigenvalue weighted by Crippen LogP contribution is -2.20. The van der Waals surface area contributed by atoms with E-state index in [4.69, 9.17) is 0 Å². The van der Waals surface area contributed by atoms with E-state index in [0.29, 0.717) is 0 Å². The highest BCUT2D eigenvalue weighted by molar-refractivity contribution is 7.09. The van der Waals surface area contributed by atoms with Gasteiger partial charge in [-0.25, -0.2) is 4.98 Å². The Morgan fingerprint density at radius 1 is 1.33 bits per heavy atom. The van der Waals surface area contributed by atoms with Gasteiger partial charge in [-0.1, -0.05) is 31.9 Å². The summed E-state index contributed by atoms with van der Waals surface area (Å²) in [5.41, 5.74) is 3.52. The van der Waals surface area contributed by atoms with Crippen LogP contribution in [0.15, 0.2) is 29.6 Å². The van der Waals surface area contributed by atoms with Crippen molar-refractivity contribution in [1.82, 2.24) is 4.98 Å². The first-order valence-corrected chi connectivity index (χ1v) is 8.85. The van der Waals surface area contributed by atoms with Gasteiger partial charge in [0.05, 0.1) is 10.7 Å². The van der Waals surface area contributed by atoms with Gasteiger partial charge in [-0.2, -0.15) is 0 Å². The minimum Gasteiger partial charge on any atom is -0.385 e. The van der Waals surface area contributed by atoms with E-state index in [-0.39, 0.29) is 0 Å². The largest absolute Gasteiger partial charge is 0.385 e. The van der Waals surface area contributed by atoms with Gasteiger partial charge in [0.15, 0.2) is 0 Å². The van der Waals surface area contributed by atoms with E-state index < -0.39 is 0 Å². The maximum atomic E-state index is 4.57. The third kappa shape index (κ3) is 3.85. The fourth-order valence-corrected chi connectivity index (χ4v) is 3.91. The summed E-state index contributed by atoms with van der Waals surface area (Å²) in [5, 5.41) is 6.89. The number of anilines is 1. The number of aryl methyl sites for hydroxylation is 1. The van der Waals surface area contributed by atoms with Crippen LogP contribution in [-0.4, -0.2) is 11.5 Å². The molecule has 0 aliphatic heterocycles. The number of benzene rings is 1. The minimum absolute atomic E-state index is 0.832. The highest BCUT2D eigenvalue weighted by atomic mass is 32.1. The Morgan fingerprint density at radius 2 is 2.24 bits per heavy atom. The van der Waals surface area contributed by atoms with Crippen molar-refractivity contribution < 1.29 is 0 Å². The standard InChI is InChI=1S/C18H24N2S/c1-13-5-3-6-15(9-13)11-19-17-8-4-7-16(10-17)18-12-21-14(2)20-18/h4,7-8,10,12-13,15,19H,3,5-6,9,11H2,1-2H3. The molecular formula is C18H24N2S. The number of thiazole rings is 1. The van der Waals surface area contributed by atoms with Crippen molar-refractivity contribution in [2.75, 3.05) is 11.9 Å². The summed E-state index contributed by atoms with van der Waals surface area (Å²) in [7, 11) is 0. The minimum atomic E-state index is 0.832. The molecule has 0 saturated heterocycles. The summed E-state index contributed by atoms with van der Waals surface area (Å²) >= 11 is 1.71. The number of rotatable bonds is 4. The Labute approximate surface area is 131 Å². The van der Waals surface area contributed by atoms with Gasteiger partial charge in [-0.05, 0) is 43.7 Å². The van der Waals surface area contributed by atoms with Crippen molar-refractivity contribution in [3.8, 4) is 11.3 Å². The van der Waals surface area contributed by atoms with Crippen molar-refractivity contribution in [3.05, 3.63) is 34.7 Å². The van der Waals surface area contributed by atoms with Crippen LogP contribution in [0.25, 0.3) is 11.3 Å². The lowest BCUT2D eigenvalue weighted by Gasteiger charge is -2.27. The van der Waals surface area contributed by atoms with Crippen molar-refractivity contribution in [2.45, 2.75) is 39.5 Å². The summed E-state index contributed by atoms with van der Waals surface area (Å²) in [4.78, 5) is 4.57. The molecule has 1 saturated carbocycles. The maximum absolute atomic E-state index is 4.57. The zero-order valence-corrected chi connectivity index (χ0v) is 13.7. The van der Waals surface area contributed by atoms with Gasteiger partial charge < -0.3 is 5.32 Å². The Morgan fingerprint density at radius 3 is 3.00 bits per heavy atom. The van der Waals surface area contributed by atoms with E-state index in [0.717, 1.165) is 29.1 Å². The molecule has 2 unspecified atom stereocenters. The van der Waals surface area contributed by atoms with Gasteiger partial charge >= 0.3 is 0 Å². The quantitative estimate of drug-likeness (QED) is 0.822. The average Bonchev–Trinajstić information content (AvgIpc) is 2.92. The molecule has 1 aliphatic carbocycles. The number of aromatic nitrogens is 1. The second-order valence-electron chi connectivity index (χ2n) is 6.35. The fourth-order valence-electron chi connectivity index (χ4n) is 3.29. The smallest absolute Gasteiger partial charge is 0.0901 e. The van der Waals surface area contributed by atoms with Crippen LogP contribution >= 0.6 is 11.3 Å². The molecule has 3 rings (SSSR count). The highest BCUT2D eigenvalue weighted by Crippen LogP contribution is 2.29. The van der Waals surface area contributed by atoms with Gasteiger partial charge in [0.2, 0.25) is 0 Å². The Bertz CT molecular complexity index is 590. The Hall–Kier alpha value is -1.35. The molecule has 21 heavy (non-hydrogen) atoms. The number of nitrogens with one attached hydrogen (secondary N) is 1. The van der Waals surface area contributed by atoms with Gasteiger partial charge in [-0.15, -0.1) is 11.3 Å². The molecule has 1 aromatic carbocycles. The third-order valence-electron chi connectivity index (χ3n) is 4.42. The van der Waals surface area contributed by atoms with E-state index in [1.165, 1.54) is 36.9 Å². The molecule has 1 heterocycles. The van der Waals surface area contributed by atoms with Gasteiger partial charge in [0.25, 0.3) is 0 Å². The van der Waals surface area contributed by atoms with Crippen LogP contribution in [0.1, 0.15) is 37.6 Å². The van der Waals surface area contributed by atoms with Gasteiger partial charge in [0, 0.05) is 23.2 Å². The molecule has 2 atom stereocenters. The van der Waals surface area contributed by atoms with E-state index in [1.54, 1.807) is 11.3 Å². The van der Waals surface area contributed by atoms with Gasteiger partial charge in [0.1, 0.15) is 0 Å². The van der Waals surface area contributed by atoms with Crippen LogP contribution in [0.2, 0.25) is 0 Å². The Kier molecular flexibility index (Phi) is 4.59. The average molecular weight is 300 g/mol. The van der Waals surface area contributed by atoms with E-state index in [1.807, 2.05) is 0 Å². The topological polar surface area (TPSA) is 24.9 Å². The molecule has 1 N–H and O–H groups in total. The molecule has 1 aliphatic rings. The second-order valence-corrected chi connectivity index (χ2v) is 7.41. The zero-order chi connectivity index (χ0) is 14.7. The summed E-state index contributed by atoms with van der Waals surface area (Å²) in [5.74, 6) is 1.73. The molecule has 112 valence electrons. The highest BCUT2D eigenvalue weighted by Gasteiger charge is 2.18. The van der Waals surface area contributed by atoms with Crippen LogP contribution < -0.4 is 5.32 Å². The first-order chi connectivity index (χ1) is 10.2. The Balaban J connectivity index is 1.63. The second kappa shape index (κ2) is 6.61. The number of hydrogen-bond donors (Lipinski definition) is 1. The molecule has 0 bridgehead atoms. The lowest BCUT2D eigenvalue weighted by molar-refractivity contribution is 0.293. The molecule has 2 aromatic rings. The number of nitrogens with zero attached hydrogens (tertiary/aromatic N) is 1. The monoisotopic (exact) mass is 300 g/mol. The van der Waals surface area contributed by atoms with E-state index in [2.05, 4.69) is 53.8 Å². The summed E-state index contributed by atoms with van der Waals surface area (Å²) < 4.78 is 0. The van der Waals surface area contributed by atoms with E-state index in [9.17, 15) is 0 Å². The predicted molar refractivity (Wildman–Crippen MR) is 91.9 cm³/mol. The fraction of sp³-hybridized carbons (Fsp3) is 0.500. The van der Waals surface area contributed by atoms with Crippen LogP contribution in [0.3, 0.4) is 0 Å². The van der Waals surface area contributed by atoms with Crippen LogP contribution in [0.4, 0.5) is 5.69 Å².